The number of ether oxygens (including phenoxy) is 1. The first-order valence-electron chi connectivity index (χ1n) is 16.2. The van der Waals surface area contributed by atoms with Crippen LogP contribution in [-0.4, -0.2) is 59.6 Å². The van der Waals surface area contributed by atoms with E-state index in [1.807, 2.05) is 11.8 Å². The molecule has 42 heavy (non-hydrogen) atoms. The minimum atomic E-state index is -0.279. The molecule has 1 atom stereocenters. The molecule has 3 fully saturated rings. The summed E-state index contributed by atoms with van der Waals surface area (Å²) in [6.07, 6.45) is 11.6. The van der Waals surface area contributed by atoms with Crippen molar-refractivity contribution in [2.24, 2.45) is 16.9 Å². The van der Waals surface area contributed by atoms with Gasteiger partial charge in [-0.2, -0.15) is 5.10 Å². The SMILES string of the molecule is COc1ccc(C2CCC(CN(C(=O)C3CCC(O)CC3)c3cc(C4(C)C=NN(C5CC5)C4)cc(C)n3)CC2)cc1C. The lowest BCUT2D eigenvalue weighted by molar-refractivity contribution is -0.124. The van der Waals surface area contributed by atoms with E-state index < -0.39 is 0 Å². The normalized spacial score (nSPS) is 29.5. The topological polar surface area (TPSA) is 78.3 Å². The monoisotopic (exact) mass is 572 g/mol. The van der Waals surface area contributed by atoms with Gasteiger partial charge in [0.2, 0.25) is 5.91 Å². The van der Waals surface area contributed by atoms with Crippen molar-refractivity contribution in [1.82, 2.24) is 9.99 Å². The molecule has 0 radical (unpaired) electrons. The van der Waals surface area contributed by atoms with Gasteiger partial charge in [0.05, 0.1) is 19.8 Å². The van der Waals surface area contributed by atoms with Crippen LogP contribution < -0.4 is 9.64 Å². The Morgan fingerprint density at radius 2 is 1.76 bits per heavy atom. The fourth-order valence-electron chi connectivity index (χ4n) is 7.43. The van der Waals surface area contributed by atoms with Crippen molar-refractivity contribution in [1.29, 1.82) is 0 Å². The molecule has 7 heteroatoms. The number of amides is 1. The van der Waals surface area contributed by atoms with E-state index in [9.17, 15) is 9.90 Å². The second-order valence-electron chi connectivity index (χ2n) is 13.7. The van der Waals surface area contributed by atoms with Crippen LogP contribution in [0.5, 0.6) is 5.75 Å². The van der Waals surface area contributed by atoms with Crippen LogP contribution in [0, 0.1) is 25.7 Å². The van der Waals surface area contributed by atoms with Gasteiger partial charge in [-0.15, -0.1) is 0 Å². The summed E-state index contributed by atoms with van der Waals surface area (Å²) in [7, 11) is 1.73. The molecule has 2 aromatic rings. The van der Waals surface area contributed by atoms with Crippen molar-refractivity contribution in [2.45, 2.75) is 108 Å². The van der Waals surface area contributed by atoms with Crippen LogP contribution in [0.2, 0.25) is 0 Å². The predicted molar refractivity (Wildman–Crippen MR) is 167 cm³/mol. The van der Waals surface area contributed by atoms with Gasteiger partial charge >= 0.3 is 0 Å². The van der Waals surface area contributed by atoms with Crippen LogP contribution in [-0.2, 0) is 10.2 Å². The zero-order valence-corrected chi connectivity index (χ0v) is 25.9. The second-order valence-corrected chi connectivity index (χ2v) is 13.7. The third-order valence-electron chi connectivity index (χ3n) is 10.3. The third-order valence-corrected chi connectivity index (χ3v) is 10.3. The standard InChI is InChI=1S/C35H48N4O3/c1-23-17-28(11-16-32(23)42-4)26-7-5-25(6-8-26)20-38(34(41)27-9-14-31(40)15-10-27)33-19-29(18-24(2)37-33)35(3)21-36-39(22-35)30-12-13-30/h11,16-19,21,25-27,30-31,40H,5-10,12-15,20,22H2,1-4H3. The van der Waals surface area contributed by atoms with Crippen LogP contribution in [0.15, 0.2) is 35.4 Å². The lowest BCUT2D eigenvalue weighted by Gasteiger charge is -2.36. The fraction of sp³-hybridized carbons (Fsp3) is 0.629. The smallest absolute Gasteiger partial charge is 0.231 e. The number of aromatic nitrogens is 1. The van der Waals surface area contributed by atoms with Crippen LogP contribution in [0.25, 0.3) is 0 Å². The number of nitrogens with zero attached hydrogens (tertiary/aromatic N) is 4. The summed E-state index contributed by atoms with van der Waals surface area (Å²) in [5.74, 6) is 2.86. The zero-order valence-electron chi connectivity index (χ0n) is 25.9. The van der Waals surface area contributed by atoms with E-state index in [4.69, 9.17) is 14.8 Å². The first kappa shape index (κ1) is 29.2. The number of carbonyl (C=O) groups is 1. The number of aryl methyl sites for hydroxylation is 2. The number of hydrogen-bond acceptors (Lipinski definition) is 6. The van der Waals surface area contributed by atoms with Gasteiger partial charge in [0.15, 0.2) is 0 Å². The van der Waals surface area contributed by atoms with E-state index in [2.05, 4.69) is 55.4 Å². The van der Waals surface area contributed by atoms with Gasteiger partial charge in [-0.3, -0.25) is 14.7 Å². The Labute approximate surface area is 251 Å². The highest BCUT2D eigenvalue weighted by Gasteiger charge is 2.40. The number of aliphatic hydroxyl groups excluding tert-OH is 1. The molecule has 2 heterocycles. The quantitative estimate of drug-likeness (QED) is 0.403. The largest absolute Gasteiger partial charge is 0.496 e. The molecule has 1 aromatic heterocycles. The lowest BCUT2D eigenvalue weighted by Crippen LogP contribution is -2.42. The summed E-state index contributed by atoms with van der Waals surface area (Å²) in [5, 5.41) is 17.1. The van der Waals surface area contributed by atoms with Crippen molar-refractivity contribution in [3.05, 3.63) is 52.7 Å². The minimum Gasteiger partial charge on any atom is -0.496 e. The highest BCUT2D eigenvalue weighted by Crippen LogP contribution is 2.40. The van der Waals surface area contributed by atoms with Crippen molar-refractivity contribution >= 4 is 17.9 Å². The Kier molecular flexibility index (Phi) is 8.32. The molecular weight excluding hydrogens is 524 g/mol. The van der Waals surface area contributed by atoms with Gasteiger partial charge in [0, 0.05) is 35.8 Å². The number of hydrazone groups is 1. The first-order valence-corrected chi connectivity index (χ1v) is 16.2. The van der Waals surface area contributed by atoms with E-state index in [0.29, 0.717) is 37.3 Å². The maximum absolute atomic E-state index is 14.2. The van der Waals surface area contributed by atoms with E-state index in [-0.39, 0.29) is 23.3 Å². The highest BCUT2D eigenvalue weighted by molar-refractivity contribution is 5.94. The van der Waals surface area contributed by atoms with Crippen LogP contribution in [0.4, 0.5) is 5.82 Å². The molecule has 1 N–H and O–H groups in total. The molecule has 0 spiro atoms. The Bertz CT molecular complexity index is 1310. The summed E-state index contributed by atoms with van der Waals surface area (Å²) >= 11 is 0. The van der Waals surface area contributed by atoms with Gasteiger partial charge in [0.1, 0.15) is 11.6 Å². The summed E-state index contributed by atoms with van der Waals surface area (Å²) in [6, 6.07) is 11.5. The van der Waals surface area contributed by atoms with Gasteiger partial charge in [0.25, 0.3) is 0 Å². The lowest BCUT2D eigenvalue weighted by atomic mass is 9.78. The number of aliphatic hydroxyl groups is 1. The maximum atomic E-state index is 14.2. The molecule has 1 amide bonds. The first-order chi connectivity index (χ1) is 20.2. The van der Waals surface area contributed by atoms with E-state index in [1.54, 1.807) is 7.11 Å². The molecular formula is C35H48N4O3. The average molecular weight is 573 g/mol. The Balaban J connectivity index is 1.21. The number of benzene rings is 1. The number of carbonyl (C=O) groups excluding carboxylic acids is 1. The molecule has 1 aromatic carbocycles. The molecule has 1 aliphatic heterocycles. The number of methoxy groups -OCH3 is 1. The third kappa shape index (κ3) is 6.22. The summed E-state index contributed by atoms with van der Waals surface area (Å²) < 4.78 is 5.48. The van der Waals surface area contributed by atoms with Crippen LogP contribution in [0.1, 0.15) is 99.4 Å². The molecule has 0 saturated heterocycles. The van der Waals surface area contributed by atoms with Gasteiger partial charge in [-0.1, -0.05) is 12.1 Å². The van der Waals surface area contributed by atoms with E-state index in [0.717, 1.165) is 62.3 Å². The molecule has 3 aliphatic carbocycles. The van der Waals surface area contributed by atoms with E-state index >= 15 is 0 Å². The minimum absolute atomic E-state index is 0.0493. The average Bonchev–Trinajstić information content (AvgIpc) is 3.76. The van der Waals surface area contributed by atoms with Gasteiger partial charge < -0.3 is 9.84 Å². The molecule has 4 aliphatic rings. The number of rotatable bonds is 8. The molecule has 226 valence electrons. The Hall–Kier alpha value is -2.93. The summed E-state index contributed by atoms with van der Waals surface area (Å²) in [5.41, 5.74) is 4.53. The molecule has 3 saturated carbocycles. The van der Waals surface area contributed by atoms with Gasteiger partial charge in [-0.25, -0.2) is 4.98 Å². The number of hydrogen-bond donors (Lipinski definition) is 1. The summed E-state index contributed by atoms with van der Waals surface area (Å²) in [4.78, 5) is 21.2. The van der Waals surface area contributed by atoms with Crippen molar-refractivity contribution < 1.29 is 14.6 Å². The second kappa shape index (κ2) is 12.0. The van der Waals surface area contributed by atoms with E-state index in [1.165, 1.54) is 29.5 Å². The van der Waals surface area contributed by atoms with Crippen molar-refractivity contribution in [3.63, 3.8) is 0 Å². The highest BCUT2D eigenvalue weighted by atomic mass is 16.5. The molecule has 6 rings (SSSR count). The predicted octanol–water partition coefficient (Wildman–Crippen LogP) is 6.29. The number of anilines is 1. The van der Waals surface area contributed by atoms with Crippen molar-refractivity contribution in [3.8, 4) is 5.75 Å². The molecule has 0 bridgehead atoms. The van der Waals surface area contributed by atoms with Gasteiger partial charge in [-0.05, 0) is 132 Å². The summed E-state index contributed by atoms with van der Waals surface area (Å²) in [6.45, 7) is 8.01. The number of pyridine rings is 1. The zero-order chi connectivity index (χ0) is 29.4. The molecule has 7 nitrogen and oxygen atoms in total. The van der Waals surface area contributed by atoms with Crippen LogP contribution in [0.3, 0.4) is 0 Å². The fourth-order valence-corrected chi connectivity index (χ4v) is 7.43. The molecule has 1 unspecified atom stereocenters. The van der Waals surface area contributed by atoms with Crippen LogP contribution >= 0.6 is 0 Å². The Morgan fingerprint density at radius 1 is 1.02 bits per heavy atom. The van der Waals surface area contributed by atoms with Crippen molar-refractivity contribution in [2.75, 3.05) is 25.1 Å². The maximum Gasteiger partial charge on any atom is 0.231 e. The Morgan fingerprint density at radius 3 is 2.43 bits per heavy atom.